The van der Waals surface area contributed by atoms with Gasteiger partial charge in [0.1, 0.15) is 0 Å². The zero-order valence-electron chi connectivity index (χ0n) is 8.72. The SMILES string of the molecule is FC(F)C1CN(c2cc(Cl)nn3ccnc23)C1. The van der Waals surface area contributed by atoms with E-state index in [1.54, 1.807) is 23.0 Å². The minimum Gasteiger partial charge on any atom is -0.367 e. The Morgan fingerprint density at radius 1 is 1.41 bits per heavy atom. The number of imidazole rings is 1. The van der Waals surface area contributed by atoms with Crippen LogP contribution in [0.5, 0.6) is 0 Å². The van der Waals surface area contributed by atoms with Crippen molar-refractivity contribution in [2.24, 2.45) is 5.92 Å². The average Bonchev–Trinajstić information content (AvgIpc) is 2.61. The molecular weight excluding hydrogens is 250 g/mol. The molecule has 0 aliphatic carbocycles. The molecule has 0 radical (unpaired) electrons. The van der Waals surface area contributed by atoms with Gasteiger partial charge in [-0.2, -0.15) is 5.10 Å². The number of alkyl halides is 2. The smallest absolute Gasteiger partial charge is 0.244 e. The van der Waals surface area contributed by atoms with Crippen LogP contribution in [0, 0.1) is 5.92 Å². The fraction of sp³-hybridized carbons (Fsp3) is 0.400. The molecule has 1 aliphatic heterocycles. The molecule has 1 saturated heterocycles. The summed E-state index contributed by atoms with van der Waals surface area (Å²) in [5.41, 5.74) is 1.40. The number of rotatable bonds is 2. The first-order valence-electron chi connectivity index (χ1n) is 5.18. The topological polar surface area (TPSA) is 33.4 Å². The monoisotopic (exact) mass is 258 g/mol. The van der Waals surface area contributed by atoms with Crippen LogP contribution in [0.2, 0.25) is 5.15 Å². The maximum atomic E-state index is 12.4. The van der Waals surface area contributed by atoms with Crippen LogP contribution in [-0.4, -0.2) is 34.1 Å². The maximum absolute atomic E-state index is 12.4. The molecule has 0 unspecified atom stereocenters. The van der Waals surface area contributed by atoms with E-state index in [-0.39, 0.29) is 0 Å². The van der Waals surface area contributed by atoms with E-state index in [0.717, 1.165) is 5.69 Å². The molecule has 0 atom stereocenters. The molecule has 0 bridgehead atoms. The molecule has 3 heterocycles. The van der Waals surface area contributed by atoms with Crippen LogP contribution < -0.4 is 4.90 Å². The summed E-state index contributed by atoms with van der Waals surface area (Å²) >= 11 is 5.87. The number of aromatic nitrogens is 3. The first-order chi connectivity index (χ1) is 8.15. The van der Waals surface area contributed by atoms with Gasteiger partial charge in [0.2, 0.25) is 6.43 Å². The van der Waals surface area contributed by atoms with Crippen LogP contribution in [0.25, 0.3) is 5.65 Å². The zero-order valence-corrected chi connectivity index (χ0v) is 9.48. The van der Waals surface area contributed by atoms with E-state index in [2.05, 4.69) is 10.1 Å². The van der Waals surface area contributed by atoms with E-state index in [4.69, 9.17) is 11.6 Å². The van der Waals surface area contributed by atoms with Crippen molar-refractivity contribution in [2.75, 3.05) is 18.0 Å². The molecule has 3 rings (SSSR count). The lowest BCUT2D eigenvalue weighted by Crippen LogP contribution is -2.50. The van der Waals surface area contributed by atoms with E-state index < -0.39 is 12.3 Å². The van der Waals surface area contributed by atoms with Crippen molar-refractivity contribution in [3.8, 4) is 0 Å². The van der Waals surface area contributed by atoms with Gasteiger partial charge < -0.3 is 4.90 Å². The van der Waals surface area contributed by atoms with Crippen LogP contribution in [0.4, 0.5) is 14.5 Å². The summed E-state index contributed by atoms with van der Waals surface area (Å²) in [5.74, 6) is -0.558. The van der Waals surface area contributed by atoms with Gasteiger partial charge >= 0.3 is 0 Å². The first kappa shape index (κ1) is 10.7. The quantitative estimate of drug-likeness (QED) is 0.827. The molecule has 2 aromatic heterocycles. The highest BCUT2D eigenvalue weighted by Gasteiger charge is 2.35. The first-order valence-corrected chi connectivity index (χ1v) is 5.56. The number of hydrogen-bond donors (Lipinski definition) is 0. The summed E-state index contributed by atoms with van der Waals surface area (Å²) in [7, 11) is 0. The molecule has 1 aliphatic rings. The molecule has 2 aromatic rings. The Morgan fingerprint density at radius 2 is 2.18 bits per heavy atom. The van der Waals surface area contributed by atoms with Gasteiger partial charge in [-0.15, -0.1) is 0 Å². The van der Waals surface area contributed by atoms with Crippen LogP contribution in [-0.2, 0) is 0 Å². The summed E-state index contributed by atoms with van der Waals surface area (Å²) in [6.45, 7) is 0.668. The minimum atomic E-state index is -2.26. The highest BCUT2D eigenvalue weighted by molar-refractivity contribution is 6.29. The molecule has 0 aromatic carbocycles. The number of fused-ring (bicyclic) bond motifs is 1. The second kappa shape index (κ2) is 3.80. The van der Waals surface area contributed by atoms with Gasteiger partial charge in [0.15, 0.2) is 10.8 Å². The summed E-state index contributed by atoms with van der Waals surface area (Å²) in [5, 5.41) is 4.36. The average molecular weight is 259 g/mol. The molecule has 17 heavy (non-hydrogen) atoms. The van der Waals surface area contributed by atoms with Crippen LogP contribution in [0.3, 0.4) is 0 Å². The summed E-state index contributed by atoms with van der Waals surface area (Å²) in [6, 6.07) is 1.66. The van der Waals surface area contributed by atoms with Crippen molar-refractivity contribution >= 4 is 22.9 Å². The second-order valence-corrected chi connectivity index (χ2v) is 4.43. The van der Waals surface area contributed by atoms with Gasteiger partial charge in [-0.25, -0.2) is 18.3 Å². The van der Waals surface area contributed by atoms with Crippen molar-refractivity contribution < 1.29 is 8.78 Å². The lowest BCUT2D eigenvalue weighted by atomic mass is 10.0. The van der Waals surface area contributed by atoms with E-state index in [1.807, 2.05) is 4.90 Å². The summed E-state index contributed by atoms with van der Waals surface area (Å²) in [4.78, 5) is 5.99. The fourth-order valence-corrected chi connectivity index (χ4v) is 2.16. The maximum Gasteiger partial charge on any atom is 0.244 e. The standard InChI is InChI=1S/C10H9ClF2N4/c11-8-3-7(10-14-1-2-17(10)15-8)16-4-6(5-16)9(12)13/h1-3,6,9H,4-5H2. The normalized spacial score (nSPS) is 16.8. The molecule has 4 nitrogen and oxygen atoms in total. The van der Waals surface area contributed by atoms with Gasteiger partial charge in [0, 0.05) is 31.5 Å². The summed E-state index contributed by atoms with van der Waals surface area (Å²) < 4.78 is 26.4. The van der Waals surface area contributed by atoms with Crippen LogP contribution in [0.15, 0.2) is 18.5 Å². The van der Waals surface area contributed by atoms with Crippen molar-refractivity contribution in [3.05, 3.63) is 23.6 Å². The second-order valence-electron chi connectivity index (χ2n) is 4.05. The minimum absolute atomic E-state index is 0.325. The zero-order chi connectivity index (χ0) is 12.0. The number of anilines is 1. The largest absolute Gasteiger partial charge is 0.367 e. The van der Waals surface area contributed by atoms with Gasteiger partial charge in [-0.3, -0.25) is 0 Å². The predicted octanol–water partition coefficient (Wildman–Crippen LogP) is 2.08. The number of halogens is 3. The van der Waals surface area contributed by atoms with Crippen LogP contribution in [0.1, 0.15) is 0 Å². The molecule has 0 spiro atoms. The number of hydrogen-bond acceptors (Lipinski definition) is 3. The predicted molar refractivity (Wildman–Crippen MR) is 59.7 cm³/mol. The molecule has 0 N–H and O–H groups in total. The summed E-state index contributed by atoms with van der Waals surface area (Å²) in [6.07, 6.45) is 1.01. The van der Waals surface area contributed by atoms with Crippen molar-refractivity contribution in [3.63, 3.8) is 0 Å². The van der Waals surface area contributed by atoms with Gasteiger partial charge in [0.25, 0.3) is 0 Å². The molecule has 7 heteroatoms. The van der Waals surface area contributed by atoms with Gasteiger partial charge in [0.05, 0.1) is 11.6 Å². The van der Waals surface area contributed by atoms with E-state index >= 15 is 0 Å². The molecular formula is C10H9ClF2N4. The Morgan fingerprint density at radius 3 is 2.88 bits per heavy atom. The van der Waals surface area contributed by atoms with E-state index in [9.17, 15) is 8.78 Å². The van der Waals surface area contributed by atoms with Gasteiger partial charge in [-0.1, -0.05) is 11.6 Å². The Labute approximate surface area is 101 Å². The Kier molecular flexibility index (Phi) is 2.39. The third kappa shape index (κ3) is 1.72. The highest BCUT2D eigenvalue weighted by atomic mass is 35.5. The van der Waals surface area contributed by atoms with Crippen molar-refractivity contribution in [2.45, 2.75) is 6.43 Å². The fourth-order valence-electron chi connectivity index (χ4n) is 1.97. The number of nitrogens with zero attached hydrogens (tertiary/aromatic N) is 4. The van der Waals surface area contributed by atoms with E-state index in [1.165, 1.54) is 0 Å². The Hall–Kier alpha value is -1.43. The third-order valence-electron chi connectivity index (χ3n) is 2.92. The lowest BCUT2D eigenvalue weighted by Gasteiger charge is -2.40. The molecule has 0 amide bonds. The van der Waals surface area contributed by atoms with E-state index in [0.29, 0.717) is 23.9 Å². The van der Waals surface area contributed by atoms with Crippen molar-refractivity contribution in [1.29, 1.82) is 0 Å². The Bertz CT molecular complexity index is 550. The molecule has 0 saturated carbocycles. The van der Waals surface area contributed by atoms with Crippen LogP contribution >= 0.6 is 11.6 Å². The molecule has 1 fully saturated rings. The van der Waals surface area contributed by atoms with Gasteiger partial charge in [-0.05, 0) is 0 Å². The highest BCUT2D eigenvalue weighted by Crippen LogP contribution is 2.31. The lowest BCUT2D eigenvalue weighted by molar-refractivity contribution is 0.0615. The molecule has 90 valence electrons. The van der Waals surface area contributed by atoms with Crippen molar-refractivity contribution in [1.82, 2.24) is 14.6 Å². The Balaban J connectivity index is 1.93. The third-order valence-corrected chi connectivity index (χ3v) is 3.10.